The molecule has 5 heteroatoms. The van der Waals surface area contributed by atoms with Gasteiger partial charge in [0.2, 0.25) is 0 Å². The zero-order valence-corrected chi connectivity index (χ0v) is 27.6. The molecular weight excluding hydrogens is 632 g/mol. The van der Waals surface area contributed by atoms with E-state index in [0.717, 1.165) is 39.1 Å². The summed E-state index contributed by atoms with van der Waals surface area (Å²) in [4.78, 5) is 4.79. The molecule has 0 unspecified atom stereocenters. The number of hydrogen-bond acceptors (Lipinski definition) is 4. The van der Waals surface area contributed by atoms with Crippen LogP contribution in [0, 0.1) is 0 Å². The highest BCUT2D eigenvalue weighted by Gasteiger charge is 2.25. The Kier molecular flexibility index (Phi) is 6.93. The monoisotopic (exact) mass is 658 g/mol. The molecule has 224 valence electrons. The molecule has 0 saturated carbocycles. The van der Waals surface area contributed by atoms with Gasteiger partial charge in [-0.3, -0.25) is 0 Å². The largest absolute Gasteiger partial charge is 0.310 e. The maximum absolute atomic E-state index is 6.94. The predicted octanol–water partition coefficient (Wildman–Crippen LogP) is 14.0. The summed E-state index contributed by atoms with van der Waals surface area (Å²) in [7, 11) is 0. The molecule has 0 atom stereocenters. The average molecular weight is 659 g/mol. The van der Waals surface area contributed by atoms with E-state index < -0.39 is 0 Å². The second-order valence-electron chi connectivity index (χ2n) is 11.5. The van der Waals surface area contributed by atoms with E-state index in [2.05, 4.69) is 174 Å². The van der Waals surface area contributed by atoms with Gasteiger partial charge in [-0.1, -0.05) is 96.5 Å². The molecule has 0 bridgehead atoms. The molecule has 0 radical (unpaired) electrons. The Balaban J connectivity index is 1.39. The van der Waals surface area contributed by atoms with Crippen molar-refractivity contribution in [3.63, 3.8) is 0 Å². The van der Waals surface area contributed by atoms with Crippen LogP contribution in [-0.2, 0) is 0 Å². The SMILES string of the molecule is Clc1cc(N(c2ccccc2)c2cccc3sc4cccc(N(c5ccccc5)c5ccccc5)c4c23)c2c(c1)sc1ccccc12. The zero-order valence-electron chi connectivity index (χ0n) is 25.2. The summed E-state index contributed by atoms with van der Waals surface area (Å²) in [5.74, 6) is 0. The van der Waals surface area contributed by atoms with Crippen LogP contribution >= 0.6 is 34.3 Å². The molecule has 2 heterocycles. The van der Waals surface area contributed by atoms with E-state index in [9.17, 15) is 0 Å². The molecule has 47 heavy (non-hydrogen) atoms. The Morgan fingerprint density at radius 3 is 1.43 bits per heavy atom. The summed E-state index contributed by atoms with van der Waals surface area (Å²) >= 11 is 10.6. The summed E-state index contributed by atoms with van der Waals surface area (Å²) in [5, 5.41) is 5.62. The van der Waals surface area contributed by atoms with Crippen LogP contribution in [0.1, 0.15) is 0 Å². The lowest BCUT2D eigenvalue weighted by Crippen LogP contribution is -2.12. The fourth-order valence-corrected chi connectivity index (χ4v) is 9.34. The third-order valence-corrected chi connectivity index (χ3v) is 11.1. The topological polar surface area (TPSA) is 6.48 Å². The van der Waals surface area contributed by atoms with Gasteiger partial charge in [0.15, 0.2) is 0 Å². The van der Waals surface area contributed by atoms with Gasteiger partial charge in [0.25, 0.3) is 0 Å². The van der Waals surface area contributed by atoms with Gasteiger partial charge in [0.1, 0.15) is 0 Å². The van der Waals surface area contributed by atoms with Gasteiger partial charge in [-0.05, 0) is 78.9 Å². The first-order valence-electron chi connectivity index (χ1n) is 15.5. The molecule has 0 amide bonds. The Morgan fingerprint density at radius 2 is 0.830 bits per heavy atom. The second kappa shape index (κ2) is 11.6. The molecule has 2 nitrogen and oxygen atoms in total. The maximum Gasteiger partial charge on any atom is 0.0569 e. The molecule has 0 saturated heterocycles. The Morgan fingerprint density at radius 1 is 0.362 bits per heavy atom. The number of thiophene rings is 2. The van der Waals surface area contributed by atoms with Gasteiger partial charge < -0.3 is 9.80 Å². The molecule has 0 aliphatic rings. The van der Waals surface area contributed by atoms with Crippen LogP contribution < -0.4 is 9.80 Å². The summed E-state index contributed by atoms with van der Waals surface area (Å²) in [6, 6.07) is 58.2. The van der Waals surface area contributed by atoms with E-state index in [1.807, 2.05) is 11.3 Å². The van der Waals surface area contributed by atoms with Gasteiger partial charge in [-0.2, -0.15) is 0 Å². The zero-order chi connectivity index (χ0) is 31.3. The van der Waals surface area contributed by atoms with Crippen molar-refractivity contribution in [2.45, 2.75) is 0 Å². The molecule has 0 spiro atoms. The third-order valence-electron chi connectivity index (χ3n) is 8.67. The predicted molar refractivity (Wildman–Crippen MR) is 207 cm³/mol. The Labute approximate surface area is 285 Å². The lowest BCUT2D eigenvalue weighted by atomic mass is 10.0. The highest BCUT2D eigenvalue weighted by Crippen LogP contribution is 2.52. The van der Waals surface area contributed by atoms with Gasteiger partial charge in [0.05, 0.1) is 17.1 Å². The van der Waals surface area contributed by atoms with Crippen LogP contribution in [0.5, 0.6) is 0 Å². The first kappa shape index (κ1) is 28.1. The van der Waals surface area contributed by atoms with Crippen molar-refractivity contribution in [3.8, 4) is 0 Å². The average Bonchev–Trinajstić information content (AvgIpc) is 3.69. The Bertz CT molecular complexity index is 2500. The van der Waals surface area contributed by atoms with Crippen LogP contribution in [0.25, 0.3) is 40.3 Å². The van der Waals surface area contributed by atoms with Crippen molar-refractivity contribution >= 4 is 109 Å². The molecule has 0 aliphatic carbocycles. The lowest BCUT2D eigenvalue weighted by molar-refractivity contribution is 1.30. The van der Waals surface area contributed by atoms with Crippen molar-refractivity contribution in [1.82, 2.24) is 0 Å². The van der Waals surface area contributed by atoms with Crippen LogP contribution in [0.2, 0.25) is 5.02 Å². The molecule has 7 aromatic carbocycles. The second-order valence-corrected chi connectivity index (χ2v) is 14.1. The van der Waals surface area contributed by atoms with Gasteiger partial charge in [-0.25, -0.2) is 0 Å². The molecule has 0 aliphatic heterocycles. The van der Waals surface area contributed by atoms with Gasteiger partial charge in [0, 0.05) is 62.4 Å². The van der Waals surface area contributed by atoms with Crippen LogP contribution in [0.3, 0.4) is 0 Å². The highest BCUT2D eigenvalue weighted by atomic mass is 35.5. The minimum absolute atomic E-state index is 0.724. The fraction of sp³-hybridized carbons (Fsp3) is 0. The normalized spacial score (nSPS) is 11.5. The van der Waals surface area contributed by atoms with Crippen LogP contribution in [0.4, 0.5) is 34.1 Å². The molecule has 9 aromatic rings. The molecule has 9 rings (SSSR count). The summed E-state index contributed by atoms with van der Waals surface area (Å²) < 4.78 is 4.91. The van der Waals surface area contributed by atoms with Crippen LogP contribution in [0.15, 0.2) is 164 Å². The quantitative estimate of drug-likeness (QED) is 0.175. The number of anilines is 6. The first-order chi connectivity index (χ1) is 23.2. The lowest BCUT2D eigenvalue weighted by Gasteiger charge is -2.29. The van der Waals surface area contributed by atoms with Crippen molar-refractivity contribution in [1.29, 1.82) is 0 Å². The fourth-order valence-electron chi connectivity index (χ4n) is 6.75. The smallest absolute Gasteiger partial charge is 0.0569 e. The number of fused-ring (bicyclic) bond motifs is 6. The standard InChI is InChI=1S/C42H27ClN2S2/c43-28-26-35(40-32-20-10-11-23-36(32)46-39(40)27-28)45(31-18-8-3-9-19-31)34-22-13-25-38-42(34)41-33(21-12-24-37(41)47-38)44(29-14-4-1-5-15-29)30-16-6-2-7-17-30/h1-27H. The summed E-state index contributed by atoms with van der Waals surface area (Å²) in [5.41, 5.74) is 6.65. The third kappa shape index (κ3) is 4.76. The summed E-state index contributed by atoms with van der Waals surface area (Å²) in [6.45, 7) is 0. The van der Waals surface area contributed by atoms with E-state index in [1.165, 1.54) is 40.3 Å². The van der Waals surface area contributed by atoms with E-state index in [-0.39, 0.29) is 0 Å². The number of halogens is 1. The molecule has 0 N–H and O–H groups in total. The van der Waals surface area contributed by atoms with E-state index in [0.29, 0.717) is 0 Å². The van der Waals surface area contributed by atoms with E-state index >= 15 is 0 Å². The number of nitrogens with zero attached hydrogens (tertiary/aromatic N) is 2. The number of para-hydroxylation sites is 3. The van der Waals surface area contributed by atoms with Crippen LogP contribution in [-0.4, -0.2) is 0 Å². The van der Waals surface area contributed by atoms with E-state index in [1.54, 1.807) is 11.3 Å². The van der Waals surface area contributed by atoms with Crippen molar-refractivity contribution in [3.05, 3.63) is 169 Å². The summed E-state index contributed by atoms with van der Waals surface area (Å²) in [6.07, 6.45) is 0. The minimum Gasteiger partial charge on any atom is -0.310 e. The number of benzene rings is 7. The maximum atomic E-state index is 6.94. The highest BCUT2D eigenvalue weighted by molar-refractivity contribution is 7.26. The molecular formula is C42H27ClN2S2. The van der Waals surface area contributed by atoms with Gasteiger partial charge in [-0.15, -0.1) is 22.7 Å². The van der Waals surface area contributed by atoms with Crippen molar-refractivity contribution in [2.24, 2.45) is 0 Å². The van der Waals surface area contributed by atoms with Crippen molar-refractivity contribution < 1.29 is 0 Å². The van der Waals surface area contributed by atoms with Crippen molar-refractivity contribution in [2.75, 3.05) is 9.80 Å². The molecule has 0 fully saturated rings. The number of rotatable bonds is 6. The first-order valence-corrected chi connectivity index (χ1v) is 17.6. The Hall–Kier alpha value is -5.13. The van der Waals surface area contributed by atoms with Gasteiger partial charge >= 0.3 is 0 Å². The number of hydrogen-bond donors (Lipinski definition) is 0. The minimum atomic E-state index is 0.724. The van der Waals surface area contributed by atoms with E-state index in [4.69, 9.17) is 11.6 Å². The molecule has 2 aromatic heterocycles.